The van der Waals surface area contributed by atoms with Gasteiger partial charge in [0.25, 0.3) is 11.8 Å². The van der Waals surface area contributed by atoms with Crippen LogP contribution in [-0.4, -0.2) is 39.9 Å². The summed E-state index contributed by atoms with van der Waals surface area (Å²) in [6.07, 6.45) is 4.72. The van der Waals surface area contributed by atoms with Crippen molar-refractivity contribution in [2.45, 2.75) is 12.8 Å². The number of carbonyl (C=O) groups excluding carboxylic acids is 2. The molecule has 3 aromatic rings. The molecule has 1 N–H and O–H groups in total. The third-order valence-electron chi connectivity index (χ3n) is 4.63. The van der Waals surface area contributed by atoms with Gasteiger partial charge in [0.2, 0.25) is 0 Å². The van der Waals surface area contributed by atoms with Crippen LogP contribution in [0.5, 0.6) is 0 Å². The molecule has 136 valence electrons. The van der Waals surface area contributed by atoms with Crippen LogP contribution in [0.1, 0.15) is 37.9 Å². The summed E-state index contributed by atoms with van der Waals surface area (Å²) in [5, 5.41) is 6.81. The van der Waals surface area contributed by atoms with E-state index in [0.717, 1.165) is 11.3 Å². The number of amides is 2. The third kappa shape index (κ3) is 3.44. The quantitative estimate of drug-likeness (QED) is 0.771. The van der Waals surface area contributed by atoms with E-state index in [1.165, 1.54) is 6.20 Å². The van der Waals surface area contributed by atoms with Crippen molar-refractivity contribution in [1.29, 1.82) is 0 Å². The molecule has 3 heterocycles. The third-order valence-corrected chi connectivity index (χ3v) is 4.63. The number of nitrogens with zero attached hydrogens (tertiary/aromatic N) is 3. The number of hydrogen-bond donors (Lipinski definition) is 1. The summed E-state index contributed by atoms with van der Waals surface area (Å²) in [6, 6.07) is 10.3. The summed E-state index contributed by atoms with van der Waals surface area (Å²) < 4.78 is 4.97. The molecule has 7 heteroatoms. The Morgan fingerprint density at radius 2 is 2.00 bits per heavy atom. The van der Waals surface area contributed by atoms with Gasteiger partial charge in [0.05, 0.1) is 11.3 Å². The number of carbonyl (C=O) groups is 2. The Labute approximate surface area is 156 Å². The number of rotatable bonds is 4. The SMILES string of the molecule is Cc1conc1C1CN(C(=O)c2cccc(NC(=O)c3cccnc3)c2)C1. The number of aromatic nitrogens is 2. The largest absolute Gasteiger partial charge is 0.364 e. The Hall–Kier alpha value is -3.48. The zero-order chi connectivity index (χ0) is 18.8. The Kier molecular flexibility index (Phi) is 4.42. The first-order chi connectivity index (χ1) is 13.1. The first-order valence-electron chi connectivity index (χ1n) is 8.63. The zero-order valence-corrected chi connectivity index (χ0v) is 14.8. The molecular formula is C20H18N4O3. The van der Waals surface area contributed by atoms with E-state index in [2.05, 4.69) is 15.5 Å². The summed E-state index contributed by atoms with van der Waals surface area (Å²) in [6.45, 7) is 3.17. The molecular weight excluding hydrogens is 344 g/mol. The standard InChI is InChI=1S/C20H18N4O3/c1-13-12-27-23-18(13)16-10-24(11-16)20(26)14-4-2-6-17(8-14)22-19(25)15-5-3-7-21-9-15/h2-9,12,16H,10-11H2,1H3,(H,22,25). The Bertz CT molecular complexity index is 978. The fourth-order valence-electron chi connectivity index (χ4n) is 3.12. The van der Waals surface area contributed by atoms with Crippen molar-refractivity contribution in [1.82, 2.24) is 15.0 Å². The van der Waals surface area contributed by atoms with E-state index in [4.69, 9.17) is 4.52 Å². The van der Waals surface area contributed by atoms with Gasteiger partial charge in [-0.2, -0.15) is 0 Å². The molecule has 0 bridgehead atoms. The highest BCUT2D eigenvalue weighted by atomic mass is 16.5. The molecule has 1 aliphatic rings. The smallest absolute Gasteiger partial charge is 0.257 e. The van der Waals surface area contributed by atoms with Crippen LogP contribution in [0.4, 0.5) is 5.69 Å². The molecule has 2 amide bonds. The van der Waals surface area contributed by atoms with E-state index in [1.807, 2.05) is 6.92 Å². The topological polar surface area (TPSA) is 88.3 Å². The number of nitrogens with one attached hydrogen (secondary N) is 1. The fraction of sp³-hybridized carbons (Fsp3) is 0.200. The molecule has 0 aliphatic carbocycles. The van der Waals surface area contributed by atoms with Crippen LogP contribution < -0.4 is 5.32 Å². The van der Waals surface area contributed by atoms with Gasteiger partial charge in [-0.1, -0.05) is 11.2 Å². The summed E-state index contributed by atoms with van der Waals surface area (Å²) in [7, 11) is 0. The summed E-state index contributed by atoms with van der Waals surface area (Å²) >= 11 is 0. The highest BCUT2D eigenvalue weighted by molar-refractivity contribution is 6.05. The predicted octanol–water partition coefficient (Wildman–Crippen LogP) is 2.87. The van der Waals surface area contributed by atoms with Gasteiger partial charge in [-0.15, -0.1) is 0 Å². The van der Waals surface area contributed by atoms with E-state index >= 15 is 0 Å². The molecule has 0 radical (unpaired) electrons. The lowest BCUT2D eigenvalue weighted by Gasteiger charge is -2.38. The number of anilines is 1. The predicted molar refractivity (Wildman–Crippen MR) is 98.5 cm³/mol. The van der Waals surface area contributed by atoms with Crippen LogP contribution >= 0.6 is 0 Å². The molecule has 1 saturated heterocycles. The van der Waals surface area contributed by atoms with Gasteiger partial charge in [0.15, 0.2) is 0 Å². The van der Waals surface area contributed by atoms with Crippen molar-refractivity contribution in [2.75, 3.05) is 18.4 Å². The van der Waals surface area contributed by atoms with Crippen molar-refractivity contribution >= 4 is 17.5 Å². The molecule has 0 unspecified atom stereocenters. The molecule has 1 aliphatic heterocycles. The molecule has 4 rings (SSSR count). The van der Waals surface area contributed by atoms with Gasteiger partial charge < -0.3 is 14.7 Å². The second kappa shape index (κ2) is 7.03. The lowest BCUT2D eigenvalue weighted by Crippen LogP contribution is -2.48. The molecule has 27 heavy (non-hydrogen) atoms. The summed E-state index contributed by atoms with van der Waals surface area (Å²) in [5.74, 6) is -0.121. The average molecular weight is 362 g/mol. The van der Waals surface area contributed by atoms with Crippen molar-refractivity contribution in [3.05, 3.63) is 77.4 Å². The van der Waals surface area contributed by atoms with E-state index in [1.54, 1.807) is 53.8 Å². The molecule has 1 aromatic carbocycles. The van der Waals surface area contributed by atoms with E-state index < -0.39 is 0 Å². The van der Waals surface area contributed by atoms with Crippen LogP contribution in [0.25, 0.3) is 0 Å². The first-order valence-corrected chi connectivity index (χ1v) is 8.63. The lowest BCUT2D eigenvalue weighted by molar-refractivity contribution is 0.0595. The van der Waals surface area contributed by atoms with Crippen molar-refractivity contribution in [2.24, 2.45) is 0 Å². The minimum absolute atomic E-state index is 0.0649. The van der Waals surface area contributed by atoms with Gasteiger partial charge in [-0.05, 0) is 37.3 Å². The van der Waals surface area contributed by atoms with Crippen molar-refractivity contribution in [3.8, 4) is 0 Å². The Morgan fingerprint density at radius 1 is 1.19 bits per heavy atom. The molecule has 7 nitrogen and oxygen atoms in total. The van der Waals surface area contributed by atoms with Gasteiger partial charge in [-0.3, -0.25) is 14.6 Å². The summed E-state index contributed by atoms with van der Waals surface area (Å²) in [4.78, 5) is 30.6. The highest BCUT2D eigenvalue weighted by Gasteiger charge is 2.34. The monoisotopic (exact) mass is 362 g/mol. The van der Waals surface area contributed by atoms with Gasteiger partial charge in [0.1, 0.15) is 6.26 Å². The molecule has 1 fully saturated rings. The maximum absolute atomic E-state index is 12.7. The maximum atomic E-state index is 12.7. The molecule has 0 saturated carbocycles. The van der Waals surface area contributed by atoms with E-state index in [-0.39, 0.29) is 17.7 Å². The van der Waals surface area contributed by atoms with E-state index in [9.17, 15) is 9.59 Å². The Morgan fingerprint density at radius 3 is 2.70 bits per heavy atom. The van der Waals surface area contributed by atoms with Crippen LogP contribution in [0.3, 0.4) is 0 Å². The number of pyridine rings is 1. The highest BCUT2D eigenvalue weighted by Crippen LogP contribution is 2.29. The first kappa shape index (κ1) is 17.0. The number of aryl methyl sites for hydroxylation is 1. The van der Waals surface area contributed by atoms with E-state index in [0.29, 0.717) is 29.9 Å². The lowest BCUT2D eigenvalue weighted by atomic mass is 9.93. The minimum Gasteiger partial charge on any atom is -0.364 e. The second-order valence-electron chi connectivity index (χ2n) is 6.57. The van der Waals surface area contributed by atoms with Gasteiger partial charge in [-0.25, -0.2) is 0 Å². The number of hydrogen-bond acceptors (Lipinski definition) is 5. The fourth-order valence-corrected chi connectivity index (χ4v) is 3.12. The normalized spacial score (nSPS) is 13.9. The molecule has 0 atom stereocenters. The number of likely N-dealkylation sites (tertiary alicyclic amines) is 1. The molecule has 2 aromatic heterocycles. The second-order valence-corrected chi connectivity index (χ2v) is 6.57. The average Bonchev–Trinajstić information content (AvgIpc) is 3.07. The summed E-state index contributed by atoms with van der Waals surface area (Å²) in [5.41, 5.74) is 3.49. The van der Waals surface area contributed by atoms with Crippen LogP contribution in [-0.2, 0) is 0 Å². The van der Waals surface area contributed by atoms with Crippen molar-refractivity contribution in [3.63, 3.8) is 0 Å². The van der Waals surface area contributed by atoms with Gasteiger partial charge in [0, 0.05) is 48.2 Å². The number of benzene rings is 1. The van der Waals surface area contributed by atoms with Crippen molar-refractivity contribution < 1.29 is 14.1 Å². The Balaban J connectivity index is 1.41. The van der Waals surface area contributed by atoms with Crippen LogP contribution in [0.2, 0.25) is 0 Å². The van der Waals surface area contributed by atoms with Crippen LogP contribution in [0.15, 0.2) is 59.6 Å². The van der Waals surface area contributed by atoms with Gasteiger partial charge >= 0.3 is 0 Å². The molecule has 0 spiro atoms. The minimum atomic E-state index is -0.266. The van der Waals surface area contributed by atoms with Crippen LogP contribution in [0, 0.1) is 6.92 Å². The zero-order valence-electron chi connectivity index (χ0n) is 14.8. The maximum Gasteiger partial charge on any atom is 0.257 e.